The van der Waals surface area contributed by atoms with Gasteiger partial charge in [-0.3, -0.25) is 14.0 Å². The van der Waals surface area contributed by atoms with E-state index in [-0.39, 0.29) is 30.3 Å². The van der Waals surface area contributed by atoms with Crippen LogP contribution in [0.2, 0.25) is 0 Å². The van der Waals surface area contributed by atoms with Gasteiger partial charge in [0.25, 0.3) is 5.91 Å². The van der Waals surface area contributed by atoms with E-state index in [0.717, 1.165) is 5.56 Å². The molecule has 0 unspecified atom stereocenters. The van der Waals surface area contributed by atoms with Crippen LogP contribution in [0.1, 0.15) is 22.8 Å². The van der Waals surface area contributed by atoms with Crippen molar-refractivity contribution < 1.29 is 28.2 Å². The molecule has 2 aromatic carbocycles. The Bertz CT molecular complexity index is 1490. The number of aliphatic carboxylic acids is 1. The minimum Gasteiger partial charge on any atom is -0.494 e. The van der Waals surface area contributed by atoms with Crippen LogP contribution in [0.5, 0.6) is 5.75 Å². The summed E-state index contributed by atoms with van der Waals surface area (Å²) < 4.78 is 35.5. The number of anilines is 2. The van der Waals surface area contributed by atoms with Crippen LogP contribution in [-0.4, -0.2) is 58.1 Å². The van der Waals surface area contributed by atoms with Gasteiger partial charge in [0.2, 0.25) is 5.82 Å². The van der Waals surface area contributed by atoms with Gasteiger partial charge in [0.05, 0.1) is 25.5 Å². The molecule has 4 rings (SSSR count). The Balaban J connectivity index is 1.55. The highest BCUT2D eigenvalue weighted by Crippen LogP contribution is 2.31. The zero-order chi connectivity index (χ0) is 27.2. The van der Waals surface area contributed by atoms with Crippen molar-refractivity contribution in [1.29, 1.82) is 0 Å². The lowest BCUT2D eigenvalue weighted by atomic mass is 10.0. The number of nitrogens with zero attached hydrogens (tertiary/aromatic N) is 3. The molecule has 2 aromatic heterocycles. The third-order valence-corrected chi connectivity index (χ3v) is 5.83. The lowest BCUT2D eigenvalue weighted by Crippen LogP contribution is -2.34. The van der Waals surface area contributed by atoms with Crippen LogP contribution in [0, 0.1) is 11.6 Å². The molecule has 12 heteroatoms. The molecule has 0 saturated carbocycles. The molecule has 0 saturated heterocycles. The first-order valence-electron chi connectivity index (χ1n) is 11.8. The fourth-order valence-corrected chi connectivity index (χ4v) is 3.97. The van der Waals surface area contributed by atoms with Crippen molar-refractivity contribution in [2.24, 2.45) is 0 Å². The molecule has 0 radical (unpaired) electrons. The normalized spacial score (nSPS) is 10.9. The van der Waals surface area contributed by atoms with Crippen LogP contribution in [0.3, 0.4) is 0 Å². The highest BCUT2D eigenvalue weighted by molar-refractivity contribution is 5.96. The third-order valence-electron chi connectivity index (χ3n) is 5.83. The first-order valence-corrected chi connectivity index (χ1v) is 11.8. The van der Waals surface area contributed by atoms with Crippen molar-refractivity contribution in [1.82, 2.24) is 25.0 Å². The summed E-state index contributed by atoms with van der Waals surface area (Å²) in [5.74, 6) is -3.17. The number of aryl methyl sites for hydroxylation is 1. The SMILES string of the molecule is CCc1cc(Nc2nccn3c(-c4ccc(OC)c(F)c4F)cnc23)ccc1C(=O)NCCNCC(=O)O. The lowest BCUT2D eigenvalue weighted by Gasteiger charge is -2.13. The Morgan fingerprint density at radius 3 is 2.66 bits per heavy atom. The molecular weight excluding hydrogens is 498 g/mol. The number of amides is 1. The summed E-state index contributed by atoms with van der Waals surface area (Å²) in [6, 6.07) is 8.01. The smallest absolute Gasteiger partial charge is 0.317 e. The van der Waals surface area contributed by atoms with Gasteiger partial charge in [-0.2, -0.15) is 4.39 Å². The maximum Gasteiger partial charge on any atom is 0.317 e. The Kier molecular flexibility index (Phi) is 8.12. The molecule has 0 atom stereocenters. The number of carbonyl (C=O) groups excluding carboxylic acids is 1. The second kappa shape index (κ2) is 11.6. The molecule has 0 spiro atoms. The second-order valence-electron chi connectivity index (χ2n) is 8.23. The van der Waals surface area contributed by atoms with E-state index in [9.17, 15) is 18.4 Å². The fraction of sp³-hybridized carbons (Fsp3) is 0.231. The number of carboxylic acid groups (broad SMARTS) is 1. The number of carboxylic acids is 1. The minimum atomic E-state index is -1.08. The van der Waals surface area contributed by atoms with Gasteiger partial charge >= 0.3 is 5.97 Å². The predicted octanol–water partition coefficient (Wildman–Crippen LogP) is 3.39. The van der Waals surface area contributed by atoms with Crippen molar-refractivity contribution in [3.8, 4) is 17.0 Å². The number of hydrogen-bond acceptors (Lipinski definition) is 7. The van der Waals surface area contributed by atoms with E-state index in [1.54, 1.807) is 22.7 Å². The summed E-state index contributed by atoms with van der Waals surface area (Å²) in [5, 5.41) is 17.3. The number of hydrogen-bond donors (Lipinski definition) is 4. The zero-order valence-electron chi connectivity index (χ0n) is 20.7. The Hall–Kier alpha value is -4.58. The molecule has 10 nitrogen and oxygen atoms in total. The third kappa shape index (κ3) is 5.54. The van der Waals surface area contributed by atoms with E-state index >= 15 is 0 Å². The maximum absolute atomic E-state index is 14.7. The summed E-state index contributed by atoms with van der Waals surface area (Å²) >= 11 is 0. The maximum atomic E-state index is 14.7. The number of rotatable bonds is 11. The Morgan fingerprint density at radius 2 is 1.92 bits per heavy atom. The van der Waals surface area contributed by atoms with E-state index in [1.165, 1.54) is 31.6 Å². The van der Waals surface area contributed by atoms with Gasteiger partial charge in [0.15, 0.2) is 23.0 Å². The number of methoxy groups -OCH3 is 1. The van der Waals surface area contributed by atoms with Gasteiger partial charge in [0, 0.05) is 42.3 Å². The summed E-state index contributed by atoms with van der Waals surface area (Å²) in [6.07, 6.45) is 5.13. The number of imidazole rings is 1. The number of ether oxygens (including phenoxy) is 1. The molecule has 38 heavy (non-hydrogen) atoms. The van der Waals surface area contributed by atoms with Gasteiger partial charge in [-0.25, -0.2) is 14.4 Å². The van der Waals surface area contributed by atoms with Gasteiger partial charge in [-0.05, 0) is 42.3 Å². The molecule has 0 bridgehead atoms. The van der Waals surface area contributed by atoms with Crippen LogP contribution >= 0.6 is 0 Å². The Morgan fingerprint density at radius 1 is 1.11 bits per heavy atom. The second-order valence-corrected chi connectivity index (χ2v) is 8.23. The molecule has 0 aliphatic heterocycles. The topological polar surface area (TPSA) is 130 Å². The van der Waals surface area contributed by atoms with E-state index in [0.29, 0.717) is 41.4 Å². The van der Waals surface area contributed by atoms with Crippen LogP contribution in [0.4, 0.5) is 20.3 Å². The quantitative estimate of drug-likeness (QED) is 0.220. The molecule has 1 amide bonds. The van der Waals surface area contributed by atoms with Crippen LogP contribution in [0.15, 0.2) is 48.9 Å². The van der Waals surface area contributed by atoms with Crippen molar-refractivity contribution in [3.63, 3.8) is 0 Å². The predicted molar refractivity (Wildman–Crippen MR) is 137 cm³/mol. The number of aromatic nitrogens is 3. The van der Waals surface area contributed by atoms with Crippen molar-refractivity contribution >= 4 is 29.0 Å². The van der Waals surface area contributed by atoms with Crippen molar-refractivity contribution in [2.45, 2.75) is 13.3 Å². The van der Waals surface area contributed by atoms with E-state index in [2.05, 4.69) is 25.9 Å². The zero-order valence-corrected chi connectivity index (χ0v) is 20.7. The van der Waals surface area contributed by atoms with Gasteiger partial charge < -0.3 is 25.8 Å². The number of nitrogens with one attached hydrogen (secondary N) is 3. The molecule has 0 aliphatic rings. The van der Waals surface area contributed by atoms with Crippen molar-refractivity contribution in [2.75, 3.05) is 32.1 Å². The average Bonchev–Trinajstić information content (AvgIpc) is 3.34. The summed E-state index contributed by atoms with van der Waals surface area (Å²) in [7, 11) is 1.26. The first kappa shape index (κ1) is 26.5. The monoisotopic (exact) mass is 524 g/mol. The van der Waals surface area contributed by atoms with Crippen molar-refractivity contribution in [3.05, 3.63) is 71.7 Å². The number of fused-ring (bicyclic) bond motifs is 1. The number of halogens is 2. The fourth-order valence-electron chi connectivity index (χ4n) is 3.97. The van der Waals surface area contributed by atoms with Crippen LogP contribution < -0.4 is 20.7 Å². The van der Waals surface area contributed by atoms with E-state index < -0.39 is 17.6 Å². The largest absolute Gasteiger partial charge is 0.494 e. The van der Waals surface area contributed by atoms with Gasteiger partial charge in [0.1, 0.15) is 0 Å². The van der Waals surface area contributed by atoms with Gasteiger partial charge in [-0.1, -0.05) is 6.92 Å². The molecule has 4 aromatic rings. The highest BCUT2D eigenvalue weighted by Gasteiger charge is 2.19. The first-order chi connectivity index (χ1) is 18.3. The Labute approximate surface area is 216 Å². The number of benzene rings is 2. The molecular formula is C26H26F2N6O4. The van der Waals surface area contributed by atoms with Crippen LogP contribution in [-0.2, 0) is 11.2 Å². The van der Waals surface area contributed by atoms with Gasteiger partial charge in [-0.15, -0.1) is 0 Å². The van der Waals surface area contributed by atoms with Crippen LogP contribution in [0.25, 0.3) is 16.9 Å². The van der Waals surface area contributed by atoms with E-state index in [1.807, 2.05) is 13.0 Å². The molecule has 0 aliphatic carbocycles. The molecule has 2 heterocycles. The molecule has 198 valence electrons. The minimum absolute atomic E-state index is 0.0229. The van der Waals surface area contributed by atoms with E-state index in [4.69, 9.17) is 9.84 Å². The molecule has 4 N–H and O–H groups in total. The highest BCUT2D eigenvalue weighted by atomic mass is 19.2. The number of carbonyl (C=O) groups is 2. The summed E-state index contributed by atoms with van der Waals surface area (Å²) in [4.78, 5) is 31.9. The summed E-state index contributed by atoms with van der Waals surface area (Å²) in [6.45, 7) is 2.35. The standard InChI is InChI=1S/C26H26F2N6O4/c1-3-15-12-16(4-5-17(15)26(37)31-9-8-29-14-21(35)36)33-24-25-32-13-19(34(25)11-10-30-24)18-6-7-20(38-2)23(28)22(18)27/h4-7,10-13,29H,3,8-9,14H2,1-2H3,(H,30,33)(H,31,37)(H,35,36). The lowest BCUT2D eigenvalue weighted by molar-refractivity contribution is -0.135. The summed E-state index contributed by atoms with van der Waals surface area (Å²) in [5.41, 5.74) is 2.71. The molecule has 0 fully saturated rings. The average molecular weight is 525 g/mol.